The quantitative estimate of drug-likeness (QED) is 0.329. The van der Waals surface area contributed by atoms with Crippen LogP contribution in [0.15, 0.2) is 58.4 Å². The van der Waals surface area contributed by atoms with E-state index in [1.165, 1.54) is 11.3 Å². The van der Waals surface area contributed by atoms with Crippen LogP contribution in [0.4, 0.5) is 15.6 Å². The Morgan fingerprint density at radius 3 is 2.56 bits per heavy atom. The molecule has 0 atom stereocenters. The molecule has 0 aliphatic carbocycles. The van der Waals surface area contributed by atoms with Crippen molar-refractivity contribution in [3.63, 3.8) is 0 Å². The van der Waals surface area contributed by atoms with Crippen molar-refractivity contribution in [2.75, 3.05) is 10.6 Å². The number of thiazole rings is 1. The number of aryl methyl sites for hydroxylation is 1. The number of para-hydroxylation sites is 1. The van der Waals surface area contributed by atoms with Crippen molar-refractivity contribution in [3.8, 4) is 11.3 Å². The smallest absolute Gasteiger partial charge is 0.331 e. The van der Waals surface area contributed by atoms with Gasteiger partial charge in [0.25, 0.3) is 0 Å². The lowest BCUT2D eigenvalue weighted by atomic mass is 10.2. The van der Waals surface area contributed by atoms with E-state index >= 15 is 0 Å². The molecule has 0 fully saturated rings. The molecule has 3 rings (SSSR count). The maximum atomic E-state index is 12.0. The first kappa shape index (κ1) is 19.3. The van der Waals surface area contributed by atoms with Crippen LogP contribution in [0.5, 0.6) is 0 Å². The van der Waals surface area contributed by atoms with Gasteiger partial charge in [-0.25, -0.2) is 15.2 Å². The molecule has 27 heavy (non-hydrogen) atoms. The van der Waals surface area contributed by atoms with Gasteiger partial charge in [0.05, 0.1) is 5.69 Å². The van der Waals surface area contributed by atoms with Crippen molar-refractivity contribution in [2.24, 2.45) is 0 Å². The van der Waals surface area contributed by atoms with Crippen LogP contribution in [-0.2, 0) is 0 Å². The topological polar surface area (TPSA) is 78.1 Å². The third kappa shape index (κ3) is 5.49. The summed E-state index contributed by atoms with van der Waals surface area (Å²) in [6.07, 6.45) is 0. The van der Waals surface area contributed by atoms with Gasteiger partial charge in [0, 0.05) is 21.1 Å². The zero-order valence-electron chi connectivity index (χ0n) is 14.2. The van der Waals surface area contributed by atoms with Gasteiger partial charge in [0.15, 0.2) is 10.2 Å². The second kappa shape index (κ2) is 8.94. The van der Waals surface area contributed by atoms with E-state index in [0.29, 0.717) is 5.13 Å². The summed E-state index contributed by atoms with van der Waals surface area (Å²) in [5.74, 6) is 0. The molecule has 138 valence electrons. The Labute approximate surface area is 174 Å². The van der Waals surface area contributed by atoms with Crippen LogP contribution in [0, 0.1) is 6.92 Å². The Morgan fingerprint density at radius 2 is 1.81 bits per heavy atom. The number of nitrogens with one attached hydrogen (secondary N) is 4. The molecule has 2 aromatic carbocycles. The first-order valence-corrected chi connectivity index (χ1v) is 10.0. The molecule has 9 heteroatoms. The van der Waals surface area contributed by atoms with E-state index in [0.717, 1.165) is 27.0 Å². The molecule has 6 nitrogen and oxygen atoms in total. The van der Waals surface area contributed by atoms with Crippen molar-refractivity contribution in [3.05, 3.63) is 63.9 Å². The maximum absolute atomic E-state index is 12.0. The first-order valence-electron chi connectivity index (χ1n) is 7.92. The molecule has 4 N–H and O–H groups in total. The Kier molecular flexibility index (Phi) is 6.38. The average molecular weight is 462 g/mol. The van der Waals surface area contributed by atoms with Gasteiger partial charge in [-0.3, -0.25) is 10.7 Å². The summed E-state index contributed by atoms with van der Waals surface area (Å²) < 4.78 is 1.00. The van der Waals surface area contributed by atoms with E-state index in [4.69, 9.17) is 12.2 Å². The molecule has 0 radical (unpaired) electrons. The van der Waals surface area contributed by atoms with Crippen molar-refractivity contribution in [2.45, 2.75) is 6.92 Å². The predicted molar refractivity (Wildman–Crippen MR) is 118 cm³/mol. The Morgan fingerprint density at radius 1 is 1.07 bits per heavy atom. The van der Waals surface area contributed by atoms with Crippen molar-refractivity contribution < 1.29 is 4.79 Å². The lowest BCUT2D eigenvalue weighted by molar-refractivity contribution is 0.250. The van der Waals surface area contributed by atoms with Crippen molar-refractivity contribution in [1.82, 2.24) is 15.8 Å². The standard InChI is InChI=1S/C18H16BrN5OS2/c1-11-4-2-3-5-14(11)20-17(26)24-23-16(25)22-18-21-15(10-27-18)12-6-8-13(19)9-7-12/h2-10H,1H3,(H2,20,24,26)(H2,21,22,23,25). The van der Waals surface area contributed by atoms with Gasteiger partial charge in [-0.2, -0.15) is 0 Å². The number of aromatic nitrogens is 1. The molecule has 0 aliphatic rings. The number of carbonyl (C=O) groups is 1. The van der Waals surface area contributed by atoms with Crippen LogP contribution in [0.2, 0.25) is 0 Å². The summed E-state index contributed by atoms with van der Waals surface area (Å²) in [5, 5.41) is 8.36. The molecule has 0 saturated carbocycles. The number of halogens is 1. The minimum absolute atomic E-state index is 0.286. The molecule has 2 amide bonds. The van der Waals surface area contributed by atoms with Crippen LogP contribution >= 0.6 is 39.5 Å². The van der Waals surface area contributed by atoms with E-state index in [1.54, 1.807) is 0 Å². The summed E-state index contributed by atoms with van der Waals surface area (Å²) in [6, 6.07) is 15.1. The lowest BCUT2D eigenvalue weighted by Gasteiger charge is -2.13. The van der Waals surface area contributed by atoms with Gasteiger partial charge in [0.1, 0.15) is 0 Å². The van der Waals surface area contributed by atoms with Crippen molar-refractivity contribution >= 4 is 61.4 Å². The summed E-state index contributed by atoms with van der Waals surface area (Å²) in [7, 11) is 0. The molecular weight excluding hydrogens is 446 g/mol. The number of amides is 2. The number of anilines is 2. The highest BCUT2D eigenvalue weighted by Gasteiger charge is 2.08. The minimum atomic E-state index is -0.458. The van der Waals surface area contributed by atoms with Gasteiger partial charge < -0.3 is 5.32 Å². The SMILES string of the molecule is Cc1ccccc1NC(=S)NNC(=O)Nc1nc(-c2ccc(Br)cc2)cs1. The molecule has 1 heterocycles. The highest BCUT2D eigenvalue weighted by molar-refractivity contribution is 9.10. The molecule has 0 aliphatic heterocycles. The lowest BCUT2D eigenvalue weighted by Crippen LogP contribution is -2.45. The molecule has 1 aromatic heterocycles. The fourth-order valence-electron chi connectivity index (χ4n) is 2.19. The third-order valence-corrected chi connectivity index (χ3v) is 5.04. The maximum Gasteiger partial charge on any atom is 0.339 e. The number of hydrogen-bond donors (Lipinski definition) is 4. The van der Waals surface area contributed by atoms with Crippen LogP contribution in [0.1, 0.15) is 5.56 Å². The number of nitrogens with zero attached hydrogens (tertiary/aromatic N) is 1. The predicted octanol–water partition coefficient (Wildman–Crippen LogP) is 4.90. The van der Waals surface area contributed by atoms with Crippen LogP contribution in [0.25, 0.3) is 11.3 Å². The van der Waals surface area contributed by atoms with E-state index < -0.39 is 6.03 Å². The molecule has 0 spiro atoms. The van der Waals surface area contributed by atoms with Crippen LogP contribution in [-0.4, -0.2) is 16.1 Å². The summed E-state index contributed by atoms with van der Waals surface area (Å²) in [4.78, 5) is 16.4. The Balaban J connectivity index is 1.50. The Bertz CT molecular complexity index is 958. The number of hydrazine groups is 1. The highest BCUT2D eigenvalue weighted by Crippen LogP contribution is 2.25. The highest BCUT2D eigenvalue weighted by atomic mass is 79.9. The number of carbonyl (C=O) groups excluding carboxylic acids is 1. The summed E-state index contributed by atoms with van der Waals surface area (Å²) >= 11 is 9.92. The largest absolute Gasteiger partial charge is 0.339 e. The number of hydrogen-bond acceptors (Lipinski definition) is 4. The molecule has 0 saturated heterocycles. The summed E-state index contributed by atoms with van der Waals surface area (Å²) in [5.41, 5.74) is 8.83. The second-order valence-electron chi connectivity index (χ2n) is 5.52. The molecule has 0 bridgehead atoms. The third-order valence-electron chi connectivity index (χ3n) is 3.55. The monoisotopic (exact) mass is 461 g/mol. The Hall–Kier alpha value is -2.49. The number of urea groups is 1. The van der Waals surface area contributed by atoms with Gasteiger partial charge >= 0.3 is 6.03 Å². The first-order chi connectivity index (χ1) is 13.0. The van der Waals surface area contributed by atoms with Crippen LogP contribution in [0.3, 0.4) is 0 Å². The van der Waals surface area contributed by atoms with Crippen LogP contribution < -0.4 is 21.5 Å². The average Bonchev–Trinajstić information content (AvgIpc) is 3.11. The normalized spacial score (nSPS) is 10.1. The number of rotatable bonds is 3. The molecule has 3 aromatic rings. The van der Waals surface area contributed by atoms with Gasteiger partial charge in [-0.1, -0.05) is 46.3 Å². The molecule has 0 unspecified atom stereocenters. The minimum Gasteiger partial charge on any atom is -0.331 e. The second-order valence-corrected chi connectivity index (χ2v) is 7.70. The molecular formula is C18H16BrN5OS2. The number of thiocarbonyl (C=S) groups is 1. The summed E-state index contributed by atoms with van der Waals surface area (Å²) in [6.45, 7) is 1.97. The van der Waals surface area contributed by atoms with E-state index in [2.05, 4.69) is 42.4 Å². The van der Waals surface area contributed by atoms with Gasteiger partial charge in [0.2, 0.25) is 0 Å². The fraction of sp³-hybridized carbons (Fsp3) is 0.0556. The van der Waals surface area contributed by atoms with E-state index in [-0.39, 0.29) is 5.11 Å². The number of benzene rings is 2. The fourth-order valence-corrected chi connectivity index (χ4v) is 3.33. The van der Waals surface area contributed by atoms with Crippen molar-refractivity contribution in [1.29, 1.82) is 0 Å². The zero-order valence-corrected chi connectivity index (χ0v) is 17.5. The van der Waals surface area contributed by atoms with Gasteiger partial charge in [-0.15, -0.1) is 11.3 Å². The van der Waals surface area contributed by atoms with E-state index in [9.17, 15) is 4.79 Å². The van der Waals surface area contributed by atoms with Gasteiger partial charge in [-0.05, 0) is 42.9 Å². The zero-order chi connectivity index (χ0) is 19.2. The van der Waals surface area contributed by atoms with E-state index in [1.807, 2.05) is 60.8 Å².